The molecule has 0 aliphatic carbocycles. The summed E-state index contributed by atoms with van der Waals surface area (Å²) in [6.45, 7) is 0.438. The summed E-state index contributed by atoms with van der Waals surface area (Å²) < 4.78 is 43.4. The molecule has 176 valence electrons. The van der Waals surface area contributed by atoms with Gasteiger partial charge in [0.1, 0.15) is 17.1 Å². The Morgan fingerprint density at radius 3 is 2.63 bits per heavy atom. The van der Waals surface area contributed by atoms with Gasteiger partial charge in [0.2, 0.25) is 0 Å². The fraction of sp³-hybridized carbons (Fsp3) is 0.0833. The average molecular weight is 497 g/mol. The summed E-state index contributed by atoms with van der Waals surface area (Å²) in [5, 5.41) is 11.5. The van der Waals surface area contributed by atoms with Gasteiger partial charge in [-0.05, 0) is 48.0 Å². The lowest BCUT2D eigenvalue weighted by molar-refractivity contribution is 0.102. The number of hydrogen-bond donors (Lipinski definition) is 1. The lowest BCUT2D eigenvalue weighted by Crippen LogP contribution is -2.13. The molecule has 0 saturated carbocycles. The Morgan fingerprint density at radius 1 is 1.09 bits per heavy atom. The Hall–Kier alpha value is -4.18. The van der Waals surface area contributed by atoms with Crippen LogP contribution in [-0.2, 0) is 6.54 Å². The second-order valence-electron chi connectivity index (χ2n) is 7.65. The Kier molecular flexibility index (Phi) is 5.96. The normalized spacial score (nSPS) is 11.3. The van der Waals surface area contributed by atoms with Gasteiger partial charge in [0.15, 0.2) is 11.5 Å². The summed E-state index contributed by atoms with van der Waals surface area (Å²) in [5.74, 6) is -0.819. The van der Waals surface area contributed by atoms with Crippen LogP contribution in [0.15, 0.2) is 73.1 Å². The number of nitrogens with zero attached hydrogens (tertiary/aromatic N) is 5. The molecule has 7 nitrogen and oxygen atoms in total. The first kappa shape index (κ1) is 22.6. The van der Waals surface area contributed by atoms with E-state index in [1.165, 1.54) is 30.5 Å². The molecular formula is C24H16ClF3N6O. The number of benzene rings is 2. The van der Waals surface area contributed by atoms with E-state index in [0.29, 0.717) is 17.1 Å². The fourth-order valence-corrected chi connectivity index (χ4v) is 3.81. The first-order valence-corrected chi connectivity index (χ1v) is 10.8. The van der Waals surface area contributed by atoms with Crippen molar-refractivity contribution in [2.24, 2.45) is 0 Å². The number of alkyl halides is 2. The smallest absolute Gasteiger partial charge is 0.280 e. The maximum Gasteiger partial charge on any atom is 0.280 e. The molecule has 0 fully saturated rings. The van der Waals surface area contributed by atoms with Gasteiger partial charge >= 0.3 is 0 Å². The molecule has 5 aromatic rings. The molecule has 1 N–H and O–H groups in total. The molecule has 0 bridgehead atoms. The molecule has 35 heavy (non-hydrogen) atoms. The van der Waals surface area contributed by atoms with Gasteiger partial charge < -0.3 is 5.32 Å². The van der Waals surface area contributed by atoms with Crippen molar-refractivity contribution in [3.63, 3.8) is 0 Å². The zero-order chi connectivity index (χ0) is 24.5. The molecule has 0 atom stereocenters. The number of anilines is 1. The first-order chi connectivity index (χ1) is 16.9. The summed E-state index contributed by atoms with van der Waals surface area (Å²) in [5.41, 5.74) is 0.992. The summed E-state index contributed by atoms with van der Waals surface area (Å²) in [6.07, 6.45) is -0.0226. The fourth-order valence-electron chi connectivity index (χ4n) is 3.59. The van der Waals surface area contributed by atoms with E-state index in [4.69, 9.17) is 11.6 Å². The lowest BCUT2D eigenvalue weighted by atomic mass is 10.1. The van der Waals surface area contributed by atoms with Gasteiger partial charge in [-0.15, -0.1) is 0 Å². The summed E-state index contributed by atoms with van der Waals surface area (Å²) in [4.78, 5) is 17.3. The molecule has 5 rings (SSSR count). The van der Waals surface area contributed by atoms with Crippen LogP contribution in [0.4, 0.5) is 19.0 Å². The number of fused-ring (bicyclic) bond motifs is 1. The highest BCUT2D eigenvalue weighted by Gasteiger charge is 2.22. The topological polar surface area (TPSA) is 77.1 Å². The number of hydrogen-bond acceptors (Lipinski definition) is 4. The molecule has 0 aliphatic heterocycles. The van der Waals surface area contributed by atoms with E-state index in [1.807, 2.05) is 18.2 Å². The van der Waals surface area contributed by atoms with Gasteiger partial charge in [0.05, 0.1) is 18.4 Å². The van der Waals surface area contributed by atoms with Crippen LogP contribution in [0.3, 0.4) is 0 Å². The minimum absolute atomic E-state index is 0.0137. The Balaban J connectivity index is 1.44. The van der Waals surface area contributed by atoms with Crippen LogP contribution < -0.4 is 5.32 Å². The van der Waals surface area contributed by atoms with Gasteiger partial charge in [-0.1, -0.05) is 23.7 Å². The van der Waals surface area contributed by atoms with Gasteiger partial charge in [-0.3, -0.25) is 9.48 Å². The molecule has 2 aromatic carbocycles. The van der Waals surface area contributed by atoms with Crippen LogP contribution in [0.1, 0.15) is 28.0 Å². The van der Waals surface area contributed by atoms with E-state index in [9.17, 15) is 18.0 Å². The summed E-state index contributed by atoms with van der Waals surface area (Å²) in [7, 11) is 0. The van der Waals surface area contributed by atoms with Crippen LogP contribution in [-0.4, -0.2) is 30.3 Å². The van der Waals surface area contributed by atoms with Crippen molar-refractivity contribution in [1.29, 1.82) is 0 Å². The van der Waals surface area contributed by atoms with Crippen molar-refractivity contribution in [1.82, 2.24) is 24.4 Å². The number of halogens is 4. The second kappa shape index (κ2) is 9.22. The van der Waals surface area contributed by atoms with Crippen molar-refractivity contribution in [3.05, 3.63) is 101 Å². The van der Waals surface area contributed by atoms with Gasteiger partial charge in [0.25, 0.3) is 12.3 Å². The zero-order valence-corrected chi connectivity index (χ0v) is 18.6. The SMILES string of the molecule is O=C(Nc1ccn(Cc2cccc(Cl)c2)n1)c1cnn2c(C(F)F)cc(-c3ccc(F)cc3)nc12. The quantitative estimate of drug-likeness (QED) is 0.331. The summed E-state index contributed by atoms with van der Waals surface area (Å²) in [6, 6.07) is 15.3. The monoisotopic (exact) mass is 496 g/mol. The van der Waals surface area contributed by atoms with E-state index >= 15 is 0 Å². The van der Waals surface area contributed by atoms with Crippen LogP contribution in [0.2, 0.25) is 5.02 Å². The molecule has 0 aliphatic rings. The molecule has 0 spiro atoms. The molecule has 0 saturated heterocycles. The highest BCUT2D eigenvalue weighted by Crippen LogP contribution is 2.27. The van der Waals surface area contributed by atoms with Crippen molar-refractivity contribution < 1.29 is 18.0 Å². The Morgan fingerprint density at radius 2 is 1.89 bits per heavy atom. The van der Waals surface area contributed by atoms with E-state index in [-0.39, 0.29) is 22.7 Å². The second-order valence-corrected chi connectivity index (χ2v) is 8.09. The number of carbonyl (C=O) groups excluding carboxylic acids is 1. The minimum atomic E-state index is -2.88. The predicted molar refractivity (Wildman–Crippen MR) is 124 cm³/mol. The van der Waals surface area contributed by atoms with Crippen LogP contribution in [0.5, 0.6) is 0 Å². The number of aromatic nitrogens is 5. The maximum atomic E-state index is 13.8. The zero-order valence-electron chi connectivity index (χ0n) is 17.9. The van der Waals surface area contributed by atoms with Crippen molar-refractivity contribution in [2.75, 3.05) is 5.32 Å². The molecule has 0 unspecified atom stereocenters. The van der Waals surface area contributed by atoms with E-state index in [2.05, 4.69) is 20.5 Å². The predicted octanol–water partition coefficient (Wildman–Crippen LogP) is 5.62. The Bertz CT molecular complexity index is 1530. The number of carbonyl (C=O) groups is 1. The highest BCUT2D eigenvalue weighted by atomic mass is 35.5. The number of nitrogens with one attached hydrogen (secondary N) is 1. The molecule has 1 amide bonds. The molecule has 3 heterocycles. The third-order valence-electron chi connectivity index (χ3n) is 5.22. The van der Waals surface area contributed by atoms with Gasteiger partial charge in [-0.25, -0.2) is 22.7 Å². The van der Waals surface area contributed by atoms with Gasteiger partial charge in [-0.2, -0.15) is 10.2 Å². The number of amides is 1. The molecule has 11 heteroatoms. The van der Waals surface area contributed by atoms with Crippen LogP contribution in [0, 0.1) is 5.82 Å². The van der Waals surface area contributed by atoms with Gasteiger partial charge in [0, 0.05) is 22.8 Å². The first-order valence-electron chi connectivity index (χ1n) is 10.4. The molecule has 0 radical (unpaired) electrons. The van der Waals surface area contributed by atoms with E-state index in [1.54, 1.807) is 23.0 Å². The average Bonchev–Trinajstić information content (AvgIpc) is 3.45. The lowest BCUT2D eigenvalue weighted by Gasteiger charge is -2.08. The molecular weight excluding hydrogens is 481 g/mol. The maximum absolute atomic E-state index is 13.8. The van der Waals surface area contributed by atoms with E-state index in [0.717, 1.165) is 16.1 Å². The summed E-state index contributed by atoms with van der Waals surface area (Å²) >= 11 is 6.01. The largest absolute Gasteiger partial charge is 0.305 e. The van der Waals surface area contributed by atoms with Crippen molar-refractivity contribution in [2.45, 2.75) is 13.0 Å². The Labute approximate surface area is 201 Å². The third kappa shape index (κ3) is 4.73. The van der Waals surface area contributed by atoms with Crippen molar-refractivity contribution in [3.8, 4) is 11.3 Å². The standard InChI is InChI=1S/C24H16ClF3N6O/c25-16-3-1-2-14(10-16)13-33-9-8-21(32-33)31-24(35)18-12-29-34-20(22(27)28)11-19(30-23(18)34)15-4-6-17(26)7-5-15/h1-12,22H,13H2,(H,31,32,35). The van der Waals surface area contributed by atoms with Crippen LogP contribution >= 0.6 is 11.6 Å². The minimum Gasteiger partial charge on any atom is -0.305 e. The third-order valence-corrected chi connectivity index (χ3v) is 5.46. The number of rotatable bonds is 6. The van der Waals surface area contributed by atoms with Crippen molar-refractivity contribution >= 4 is 29.0 Å². The highest BCUT2D eigenvalue weighted by molar-refractivity contribution is 6.30. The molecule has 3 aromatic heterocycles. The van der Waals surface area contributed by atoms with Crippen LogP contribution in [0.25, 0.3) is 16.9 Å². The van der Waals surface area contributed by atoms with E-state index < -0.39 is 23.8 Å².